The Labute approximate surface area is 108 Å². The van der Waals surface area contributed by atoms with Crippen LogP contribution in [0.2, 0.25) is 0 Å². The Hall–Kier alpha value is -1.61. The maximum Gasteiger partial charge on any atom is 0.247 e. The molecule has 1 heterocycles. The zero-order valence-electron chi connectivity index (χ0n) is 11.0. The van der Waals surface area contributed by atoms with E-state index in [2.05, 4.69) is 22.8 Å². The Balaban J connectivity index is 1.88. The summed E-state index contributed by atoms with van der Waals surface area (Å²) in [7, 11) is 0. The van der Waals surface area contributed by atoms with Gasteiger partial charge in [0, 0.05) is 24.7 Å². The summed E-state index contributed by atoms with van der Waals surface area (Å²) in [6, 6.07) is 10.4. The molecule has 1 aromatic carbocycles. The maximum atomic E-state index is 12.0. The summed E-state index contributed by atoms with van der Waals surface area (Å²) in [5.41, 5.74) is 3.34. The topological polar surface area (TPSA) is 41.1 Å². The predicted molar refractivity (Wildman–Crippen MR) is 73.3 cm³/mol. The summed E-state index contributed by atoms with van der Waals surface area (Å²) in [6.07, 6.45) is 0.868. The van der Waals surface area contributed by atoms with E-state index >= 15 is 0 Å². The molecule has 1 unspecified atom stereocenters. The normalized spacial score (nSPS) is 15.8. The molecule has 1 aliphatic heterocycles. The SMILES string of the molecule is CC(C(=O)NC(C)Cc1ccccc1)=C1CNC1. The van der Waals surface area contributed by atoms with E-state index in [0.29, 0.717) is 0 Å². The summed E-state index contributed by atoms with van der Waals surface area (Å²) in [5, 5.41) is 6.20. The van der Waals surface area contributed by atoms with Crippen LogP contribution in [0.3, 0.4) is 0 Å². The first-order valence-electron chi connectivity index (χ1n) is 6.41. The van der Waals surface area contributed by atoms with Crippen LogP contribution in [-0.2, 0) is 11.2 Å². The highest BCUT2D eigenvalue weighted by atomic mass is 16.1. The van der Waals surface area contributed by atoms with Gasteiger partial charge in [-0.15, -0.1) is 0 Å². The molecule has 3 heteroatoms. The van der Waals surface area contributed by atoms with Crippen LogP contribution in [0.15, 0.2) is 41.5 Å². The van der Waals surface area contributed by atoms with Gasteiger partial charge >= 0.3 is 0 Å². The molecule has 0 radical (unpaired) electrons. The van der Waals surface area contributed by atoms with Gasteiger partial charge in [-0.25, -0.2) is 0 Å². The summed E-state index contributed by atoms with van der Waals surface area (Å²) in [5.74, 6) is 0.0648. The molecule has 0 aliphatic carbocycles. The molecule has 1 saturated heterocycles. The first-order chi connectivity index (χ1) is 8.66. The average molecular weight is 244 g/mol. The molecule has 96 valence electrons. The molecule has 1 fully saturated rings. The second kappa shape index (κ2) is 5.83. The maximum absolute atomic E-state index is 12.0. The number of nitrogens with one attached hydrogen (secondary N) is 2. The lowest BCUT2D eigenvalue weighted by atomic mass is 10.0. The minimum Gasteiger partial charge on any atom is -0.350 e. The fourth-order valence-electron chi connectivity index (χ4n) is 2.03. The summed E-state index contributed by atoms with van der Waals surface area (Å²) in [6.45, 7) is 5.65. The largest absolute Gasteiger partial charge is 0.350 e. The Bertz CT molecular complexity index is 445. The molecule has 2 N–H and O–H groups in total. The van der Waals surface area contributed by atoms with Crippen molar-refractivity contribution in [2.75, 3.05) is 13.1 Å². The van der Waals surface area contributed by atoms with Crippen LogP contribution in [0.5, 0.6) is 0 Å². The zero-order chi connectivity index (χ0) is 13.0. The lowest BCUT2D eigenvalue weighted by Gasteiger charge is -2.22. The number of hydrogen-bond donors (Lipinski definition) is 2. The number of amides is 1. The van der Waals surface area contributed by atoms with E-state index < -0.39 is 0 Å². The molecule has 0 bridgehead atoms. The Morgan fingerprint density at radius 2 is 2.00 bits per heavy atom. The molecule has 1 aromatic rings. The first-order valence-corrected chi connectivity index (χ1v) is 6.41. The lowest BCUT2D eigenvalue weighted by molar-refractivity contribution is -0.118. The van der Waals surface area contributed by atoms with Crippen molar-refractivity contribution in [3.63, 3.8) is 0 Å². The zero-order valence-corrected chi connectivity index (χ0v) is 11.0. The predicted octanol–water partition coefficient (Wildman–Crippen LogP) is 1.65. The third-order valence-corrected chi connectivity index (χ3v) is 3.31. The van der Waals surface area contributed by atoms with Crippen LogP contribution in [0.25, 0.3) is 0 Å². The van der Waals surface area contributed by atoms with Gasteiger partial charge in [0.25, 0.3) is 0 Å². The van der Waals surface area contributed by atoms with Crippen molar-refractivity contribution in [2.24, 2.45) is 0 Å². The van der Waals surface area contributed by atoms with Crippen molar-refractivity contribution in [2.45, 2.75) is 26.3 Å². The molecule has 0 spiro atoms. The number of carbonyl (C=O) groups is 1. The van der Waals surface area contributed by atoms with E-state index in [4.69, 9.17) is 0 Å². The summed E-state index contributed by atoms with van der Waals surface area (Å²) >= 11 is 0. The summed E-state index contributed by atoms with van der Waals surface area (Å²) < 4.78 is 0. The van der Waals surface area contributed by atoms with E-state index in [9.17, 15) is 4.79 Å². The second-order valence-corrected chi connectivity index (χ2v) is 4.90. The van der Waals surface area contributed by atoms with Gasteiger partial charge in [-0.3, -0.25) is 4.79 Å². The molecular weight excluding hydrogens is 224 g/mol. The molecule has 1 atom stereocenters. The minimum absolute atomic E-state index is 0.0648. The molecule has 18 heavy (non-hydrogen) atoms. The van der Waals surface area contributed by atoms with Crippen LogP contribution < -0.4 is 10.6 Å². The van der Waals surface area contributed by atoms with Gasteiger partial charge in [0.2, 0.25) is 5.91 Å². The first kappa shape index (κ1) is 12.8. The van der Waals surface area contributed by atoms with E-state index in [1.807, 2.05) is 32.0 Å². The van der Waals surface area contributed by atoms with Crippen LogP contribution in [-0.4, -0.2) is 25.0 Å². The monoisotopic (exact) mass is 244 g/mol. The Morgan fingerprint density at radius 1 is 1.33 bits per heavy atom. The smallest absolute Gasteiger partial charge is 0.247 e. The van der Waals surface area contributed by atoms with Crippen molar-refractivity contribution < 1.29 is 4.79 Å². The number of carbonyl (C=O) groups excluding carboxylic acids is 1. The van der Waals surface area contributed by atoms with Gasteiger partial charge in [0.1, 0.15) is 0 Å². The van der Waals surface area contributed by atoms with Gasteiger partial charge < -0.3 is 10.6 Å². The van der Waals surface area contributed by atoms with Crippen LogP contribution in [0, 0.1) is 0 Å². The van der Waals surface area contributed by atoms with Crippen molar-refractivity contribution in [3.8, 4) is 0 Å². The average Bonchev–Trinajstić information content (AvgIpc) is 2.27. The van der Waals surface area contributed by atoms with Crippen molar-refractivity contribution >= 4 is 5.91 Å². The van der Waals surface area contributed by atoms with Crippen molar-refractivity contribution in [3.05, 3.63) is 47.0 Å². The van der Waals surface area contributed by atoms with Crippen molar-refractivity contribution in [1.82, 2.24) is 10.6 Å². The fourth-order valence-corrected chi connectivity index (χ4v) is 2.03. The van der Waals surface area contributed by atoms with E-state index in [-0.39, 0.29) is 11.9 Å². The highest BCUT2D eigenvalue weighted by molar-refractivity contribution is 5.94. The third kappa shape index (κ3) is 3.20. The van der Waals surface area contributed by atoms with Gasteiger partial charge in [-0.05, 0) is 31.4 Å². The molecule has 1 amide bonds. The van der Waals surface area contributed by atoms with E-state index in [1.165, 1.54) is 11.1 Å². The number of hydrogen-bond acceptors (Lipinski definition) is 2. The molecule has 2 rings (SSSR count). The highest BCUT2D eigenvalue weighted by Gasteiger charge is 2.17. The summed E-state index contributed by atoms with van der Waals surface area (Å²) in [4.78, 5) is 12.0. The van der Waals surface area contributed by atoms with Gasteiger partial charge in [-0.1, -0.05) is 30.3 Å². The van der Waals surface area contributed by atoms with E-state index in [0.717, 1.165) is 25.1 Å². The molecule has 1 aliphatic rings. The second-order valence-electron chi connectivity index (χ2n) is 4.90. The molecule has 0 aromatic heterocycles. The minimum atomic E-state index is 0.0648. The highest BCUT2D eigenvalue weighted by Crippen LogP contribution is 2.09. The molecular formula is C15H20N2O. The molecule has 0 saturated carbocycles. The standard InChI is InChI=1S/C15H20N2O/c1-11(8-13-6-4-3-5-7-13)17-15(18)12(2)14-9-16-10-14/h3-7,11,16H,8-10H2,1-2H3,(H,17,18). The fraction of sp³-hybridized carbons (Fsp3) is 0.400. The van der Waals surface area contributed by atoms with E-state index in [1.54, 1.807) is 0 Å². The Morgan fingerprint density at radius 3 is 2.56 bits per heavy atom. The van der Waals surface area contributed by atoms with Gasteiger partial charge in [0.05, 0.1) is 0 Å². The number of rotatable bonds is 4. The van der Waals surface area contributed by atoms with Crippen LogP contribution in [0.4, 0.5) is 0 Å². The van der Waals surface area contributed by atoms with Gasteiger partial charge in [0.15, 0.2) is 0 Å². The Kier molecular flexibility index (Phi) is 4.15. The number of benzene rings is 1. The third-order valence-electron chi connectivity index (χ3n) is 3.31. The quantitative estimate of drug-likeness (QED) is 0.791. The van der Waals surface area contributed by atoms with Crippen LogP contribution >= 0.6 is 0 Å². The van der Waals surface area contributed by atoms with Crippen LogP contribution in [0.1, 0.15) is 19.4 Å². The van der Waals surface area contributed by atoms with Gasteiger partial charge in [-0.2, -0.15) is 0 Å². The lowest BCUT2D eigenvalue weighted by Crippen LogP contribution is -2.40. The van der Waals surface area contributed by atoms with Crippen molar-refractivity contribution in [1.29, 1.82) is 0 Å². The molecule has 3 nitrogen and oxygen atoms in total.